The summed E-state index contributed by atoms with van der Waals surface area (Å²) in [6, 6.07) is 19.8. The maximum atomic E-state index is 11.6. The third-order valence-corrected chi connectivity index (χ3v) is 5.11. The van der Waals surface area contributed by atoms with Gasteiger partial charge in [-0.3, -0.25) is 0 Å². The Morgan fingerprint density at radius 2 is 1.66 bits per heavy atom. The molecule has 3 rings (SSSR count). The highest BCUT2D eigenvalue weighted by atomic mass is 35.5. The van der Waals surface area contributed by atoms with Gasteiger partial charge in [0.05, 0.1) is 10.0 Å². The number of carboxylic acid groups (broad SMARTS) is 1. The maximum absolute atomic E-state index is 11.6. The average molecular weight is 474 g/mol. The fourth-order valence-corrected chi connectivity index (χ4v) is 3.68. The molecule has 0 saturated carbocycles. The second-order valence-electron chi connectivity index (χ2n) is 6.77. The summed E-state index contributed by atoms with van der Waals surface area (Å²) in [5.74, 6) is -0.439. The van der Waals surface area contributed by atoms with Crippen molar-refractivity contribution in [3.05, 3.63) is 93.5 Å². The largest absolute Gasteiger partial charge is 0.486 e. The van der Waals surface area contributed by atoms with Crippen LogP contribution in [0.15, 0.2) is 71.9 Å². The first kappa shape index (κ1) is 23.4. The lowest BCUT2D eigenvalue weighted by Crippen LogP contribution is -2.19. The summed E-state index contributed by atoms with van der Waals surface area (Å²) < 4.78 is 11.8. The van der Waals surface area contributed by atoms with E-state index in [1.807, 2.05) is 30.3 Å². The van der Waals surface area contributed by atoms with Crippen LogP contribution in [0.25, 0.3) is 0 Å². The van der Waals surface area contributed by atoms with E-state index in [1.165, 1.54) is 7.11 Å². The molecular formula is C24H21Cl2NO5. The molecule has 0 aromatic heterocycles. The van der Waals surface area contributed by atoms with Gasteiger partial charge in [0.15, 0.2) is 11.5 Å². The third-order valence-electron chi connectivity index (χ3n) is 4.55. The molecule has 3 aromatic carbocycles. The SMILES string of the molecule is CON=C(C(=O)O)c1ccccc1C(C)Oc1cc(Cl)c(OCc2ccccc2)c(Cl)c1. The Hall–Kier alpha value is -3.22. The normalized spacial score (nSPS) is 12.2. The minimum Gasteiger partial charge on any atom is -0.486 e. The standard InChI is InChI=1S/C24H21Cl2NO5/c1-15(18-10-6-7-11-19(18)22(24(28)29)27-30-2)32-17-12-20(25)23(21(26)13-17)31-14-16-8-4-3-5-9-16/h3-13,15H,14H2,1-2H3,(H,28,29). The van der Waals surface area contributed by atoms with Crippen LogP contribution in [0.3, 0.4) is 0 Å². The van der Waals surface area contributed by atoms with Crippen LogP contribution in [0.4, 0.5) is 0 Å². The highest BCUT2D eigenvalue weighted by Crippen LogP contribution is 2.38. The molecule has 166 valence electrons. The number of benzene rings is 3. The van der Waals surface area contributed by atoms with E-state index in [1.54, 1.807) is 43.3 Å². The van der Waals surface area contributed by atoms with E-state index in [9.17, 15) is 9.90 Å². The Kier molecular flexibility index (Phi) is 7.98. The second-order valence-corrected chi connectivity index (χ2v) is 7.58. The summed E-state index contributed by atoms with van der Waals surface area (Å²) in [7, 11) is 1.29. The highest BCUT2D eigenvalue weighted by Gasteiger charge is 2.22. The van der Waals surface area contributed by atoms with Crippen molar-refractivity contribution in [3.63, 3.8) is 0 Å². The summed E-state index contributed by atoms with van der Waals surface area (Å²) in [6.45, 7) is 2.10. The quantitative estimate of drug-likeness (QED) is 0.298. The Bertz CT molecular complexity index is 1100. The number of oxime groups is 1. The molecule has 0 aliphatic carbocycles. The van der Waals surface area contributed by atoms with E-state index in [0.717, 1.165) is 5.56 Å². The molecular weight excluding hydrogens is 453 g/mol. The van der Waals surface area contributed by atoms with Crippen LogP contribution in [-0.2, 0) is 16.2 Å². The number of ether oxygens (including phenoxy) is 2. The van der Waals surface area contributed by atoms with Crippen molar-refractivity contribution in [1.29, 1.82) is 0 Å². The van der Waals surface area contributed by atoms with Crippen molar-refractivity contribution in [3.8, 4) is 11.5 Å². The van der Waals surface area contributed by atoms with Gasteiger partial charge in [0.2, 0.25) is 0 Å². The zero-order valence-electron chi connectivity index (χ0n) is 17.4. The van der Waals surface area contributed by atoms with Gasteiger partial charge in [0.25, 0.3) is 0 Å². The lowest BCUT2D eigenvalue weighted by Gasteiger charge is -2.19. The Balaban J connectivity index is 1.81. The number of hydrogen-bond acceptors (Lipinski definition) is 5. The van der Waals surface area contributed by atoms with E-state index in [4.69, 9.17) is 32.7 Å². The first-order chi connectivity index (χ1) is 15.4. The highest BCUT2D eigenvalue weighted by molar-refractivity contribution is 6.42. The molecule has 0 radical (unpaired) electrons. The van der Waals surface area contributed by atoms with Gasteiger partial charge in [0.1, 0.15) is 25.6 Å². The Labute approximate surface area is 195 Å². The first-order valence-electron chi connectivity index (χ1n) is 9.67. The lowest BCUT2D eigenvalue weighted by atomic mass is 9.99. The summed E-state index contributed by atoms with van der Waals surface area (Å²) >= 11 is 12.8. The molecule has 0 saturated heterocycles. The zero-order chi connectivity index (χ0) is 23.1. The van der Waals surface area contributed by atoms with Crippen LogP contribution in [0.5, 0.6) is 11.5 Å². The van der Waals surface area contributed by atoms with E-state index in [0.29, 0.717) is 39.3 Å². The number of hydrogen-bond donors (Lipinski definition) is 1. The monoisotopic (exact) mass is 473 g/mol. The second kappa shape index (κ2) is 10.9. The molecule has 6 nitrogen and oxygen atoms in total. The van der Waals surface area contributed by atoms with Crippen molar-refractivity contribution >= 4 is 34.9 Å². The fourth-order valence-electron chi connectivity index (χ4n) is 3.10. The minimum absolute atomic E-state index is 0.223. The predicted octanol–water partition coefficient (Wildman–Crippen LogP) is 6.15. The molecule has 0 heterocycles. The van der Waals surface area contributed by atoms with Crippen LogP contribution >= 0.6 is 23.2 Å². The number of nitrogens with zero attached hydrogens (tertiary/aromatic N) is 1. The molecule has 0 aliphatic heterocycles. The minimum atomic E-state index is -1.21. The molecule has 32 heavy (non-hydrogen) atoms. The van der Waals surface area contributed by atoms with Crippen molar-refractivity contribution < 1.29 is 24.2 Å². The smallest absolute Gasteiger partial charge is 0.358 e. The van der Waals surface area contributed by atoms with Gasteiger partial charge in [-0.05, 0) is 12.5 Å². The van der Waals surface area contributed by atoms with Crippen molar-refractivity contribution in [1.82, 2.24) is 0 Å². The van der Waals surface area contributed by atoms with Crippen molar-refractivity contribution in [2.24, 2.45) is 5.16 Å². The Morgan fingerprint density at radius 1 is 1.03 bits per heavy atom. The number of rotatable bonds is 9. The van der Waals surface area contributed by atoms with Crippen LogP contribution in [0.1, 0.15) is 29.7 Å². The average Bonchev–Trinajstić information content (AvgIpc) is 2.77. The van der Waals surface area contributed by atoms with E-state index < -0.39 is 12.1 Å². The molecule has 3 aromatic rings. The van der Waals surface area contributed by atoms with Crippen LogP contribution in [-0.4, -0.2) is 23.9 Å². The molecule has 0 spiro atoms. The van der Waals surface area contributed by atoms with E-state index in [2.05, 4.69) is 9.99 Å². The van der Waals surface area contributed by atoms with Gasteiger partial charge in [-0.1, -0.05) is 83.0 Å². The molecule has 0 bridgehead atoms. The van der Waals surface area contributed by atoms with Gasteiger partial charge in [0, 0.05) is 23.3 Å². The van der Waals surface area contributed by atoms with Gasteiger partial charge in [-0.2, -0.15) is 0 Å². The summed E-state index contributed by atoms with van der Waals surface area (Å²) in [5.41, 5.74) is 1.76. The number of carboxylic acids is 1. The number of carbonyl (C=O) groups is 1. The fraction of sp³-hybridized carbons (Fsp3) is 0.167. The molecule has 0 aliphatic rings. The molecule has 1 N–H and O–H groups in total. The molecule has 1 unspecified atom stereocenters. The van der Waals surface area contributed by atoms with Gasteiger partial charge in [-0.15, -0.1) is 0 Å². The summed E-state index contributed by atoms with van der Waals surface area (Å²) in [5, 5.41) is 13.7. The summed E-state index contributed by atoms with van der Waals surface area (Å²) in [4.78, 5) is 16.3. The third kappa shape index (κ3) is 5.72. The van der Waals surface area contributed by atoms with E-state index in [-0.39, 0.29) is 5.71 Å². The van der Waals surface area contributed by atoms with Gasteiger partial charge in [-0.25, -0.2) is 4.79 Å². The van der Waals surface area contributed by atoms with E-state index >= 15 is 0 Å². The van der Waals surface area contributed by atoms with Crippen LogP contribution < -0.4 is 9.47 Å². The molecule has 0 amide bonds. The topological polar surface area (TPSA) is 77.4 Å². The molecule has 0 fully saturated rings. The molecule has 1 atom stereocenters. The first-order valence-corrected chi connectivity index (χ1v) is 10.4. The predicted molar refractivity (Wildman–Crippen MR) is 124 cm³/mol. The van der Waals surface area contributed by atoms with Crippen molar-refractivity contribution in [2.75, 3.05) is 7.11 Å². The van der Waals surface area contributed by atoms with Crippen molar-refractivity contribution in [2.45, 2.75) is 19.6 Å². The summed E-state index contributed by atoms with van der Waals surface area (Å²) in [6.07, 6.45) is -0.532. The van der Waals surface area contributed by atoms with Gasteiger partial charge >= 0.3 is 5.97 Å². The van der Waals surface area contributed by atoms with Gasteiger partial charge < -0.3 is 19.4 Å². The molecule has 8 heteroatoms. The zero-order valence-corrected chi connectivity index (χ0v) is 18.9. The van der Waals surface area contributed by atoms with Crippen LogP contribution in [0.2, 0.25) is 10.0 Å². The lowest BCUT2D eigenvalue weighted by molar-refractivity contribution is -0.129. The maximum Gasteiger partial charge on any atom is 0.358 e. The van der Waals surface area contributed by atoms with Crippen LogP contribution in [0, 0.1) is 0 Å². The number of halogens is 2. The number of aliphatic carboxylic acids is 1. The Morgan fingerprint density at radius 3 is 2.28 bits per heavy atom.